The molecule has 0 aliphatic carbocycles. The maximum Gasteiger partial charge on any atom is 0.231 e. The van der Waals surface area contributed by atoms with Gasteiger partial charge in [0.25, 0.3) is 0 Å². The van der Waals surface area contributed by atoms with Crippen LogP contribution in [0.4, 0.5) is 5.69 Å². The molecule has 0 atom stereocenters. The van der Waals surface area contributed by atoms with Crippen molar-refractivity contribution in [2.24, 2.45) is 0 Å². The molecule has 3 heterocycles. The Morgan fingerprint density at radius 2 is 0.953 bits per heavy atom. The molecule has 5 heteroatoms. The van der Waals surface area contributed by atoms with E-state index in [1.165, 1.54) is 0 Å². The largest absolute Gasteiger partial charge is 0.466 e. The Hall–Kier alpha value is -6.30. The molecule has 9 rings (SSSR count). The maximum atomic E-state index is 10.3. The minimum atomic E-state index is 0.410. The summed E-state index contributed by atoms with van der Waals surface area (Å²) in [6.07, 6.45) is 0. The molecule has 0 aliphatic rings. The Kier molecular flexibility index (Phi) is 4.68. The quantitative estimate of drug-likeness (QED) is 0.202. The molecule has 0 fully saturated rings. The van der Waals surface area contributed by atoms with Gasteiger partial charge in [-0.05, 0) is 48.5 Å². The van der Waals surface area contributed by atoms with Gasteiger partial charge in [-0.3, -0.25) is 0 Å². The number of furan rings is 1. The fraction of sp³-hybridized carbons (Fsp3) is 0. The predicted molar refractivity (Wildman–Crippen MR) is 173 cm³/mol. The van der Waals surface area contributed by atoms with Crippen LogP contribution in [-0.4, -0.2) is 9.13 Å². The van der Waals surface area contributed by atoms with Gasteiger partial charge in [-0.25, -0.2) is 4.85 Å². The third kappa shape index (κ3) is 3.14. The van der Waals surface area contributed by atoms with Crippen LogP contribution in [-0.2, 0) is 0 Å². The summed E-state index contributed by atoms with van der Waals surface area (Å²) in [4.78, 5) is 3.89. The van der Waals surface area contributed by atoms with Gasteiger partial charge in [0.15, 0.2) is 5.58 Å². The van der Waals surface area contributed by atoms with Crippen LogP contribution < -0.4 is 0 Å². The SMILES string of the molecule is [C-]#[N+]c1cc(-n2c3ccccc3c3ccccc32)cc2c1oc1c(C#N)cc(-n3c4ccccc4c4ccccc43)cc12. The Bertz CT molecular complexity index is 2410. The minimum Gasteiger partial charge on any atom is -0.466 e. The molecule has 0 spiro atoms. The van der Waals surface area contributed by atoms with E-state index < -0.39 is 0 Å². The van der Waals surface area contributed by atoms with Crippen LogP contribution in [0.2, 0.25) is 0 Å². The molecule has 0 N–H and O–H groups in total. The lowest BCUT2D eigenvalue weighted by Gasteiger charge is -2.10. The summed E-state index contributed by atoms with van der Waals surface area (Å²) in [5.41, 5.74) is 7.82. The van der Waals surface area contributed by atoms with Gasteiger partial charge >= 0.3 is 0 Å². The number of nitriles is 1. The third-order valence-corrected chi connectivity index (χ3v) is 8.54. The Balaban J connectivity index is 1.40. The molecule has 198 valence electrons. The molecular weight excluding hydrogens is 528 g/mol. The van der Waals surface area contributed by atoms with E-state index in [1.54, 1.807) is 0 Å². The zero-order valence-electron chi connectivity index (χ0n) is 22.7. The van der Waals surface area contributed by atoms with Crippen LogP contribution in [0.3, 0.4) is 0 Å². The van der Waals surface area contributed by atoms with E-state index >= 15 is 0 Å². The van der Waals surface area contributed by atoms with Crippen molar-refractivity contribution in [3.8, 4) is 17.4 Å². The van der Waals surface area contributed by atoms with E-state index in [2.05, 4.69) is 105 Å². The number of hydrogen-bond donors (Lipinski definition) is 0. The van der Waals surface area contributed by atoms with Crippen molar-refractivity contribution in [2.45, 2.75) is 0 Å². The van der Waals surface area contributed by atoms with Crippen molar-refractivity contribution in [3.05, 3.63) is 138 Å². The van der Waals surface area contributed by atoms with E-state index in [1.807, 2.05) is 36.4 Å². The molecule has 0 radical (unpaired) electrons. The van der Waals surface area contributed by atoms with Crippen LogP contribution in [0.25, 0.3) is 81.8 Å². The molecule has 0 bridgehead atoms. The summed E-state index contributed by atoms with van der Waals surface area (Å²) in [5.74, 6) is 0. The van der Waals surface area contributed by atoms with Crippen LogP contribution in [0, 0.1) is 17.9 Å². The maximum absolute atomic E-state index is 10.3. The van der Waals surface area contributed by atoms with Gasteiger partial charge in [0.2, 0.25) is 5.69 Å². The Morgan fingerprint density at radius 3 is 1.40 bits per heavy atom. The summed E-state index contributed by atoms with van der Waals surface area (Å²) in [6.45, 7) is 8.07. The average Bonchev–Trinajstić information content (AvgIpc) is 3.72. The molecule has 3 aromatic heterocycles. The van der Waals surface area contributed by atoms with Crippen molar-refractivity contribution in [1.82, 2.24) is 9.13 Å². The first-order chi connectivity index (χ1) is 21.2. The fourth-order valence-corrected chi connectivity index (χ4v) is 6.76. The normalized spacial score (nSPS) is 11.7. The second kappa shape index (κ2) is 8.60. The fourth-order valence-electron chi connectivity index (χ4n) is 6.76. The zero-order valence-corrected chi connectivity index (χ0v) is 22.7. The van der Waals surface area contributed by atoms with Gasteiger partial charge in [0, 0.05) is 43.7 Å². The molecule has 0 amide bonds. The van der Waals surface area contributed by atoms with Crippen LogP contribution >= 0.6 is 0 Å². The number of rotatable bonds is 2. The Labute approximate surface area is 245 Å². The van der Waals surface area contributed by atoms with Gasteiger partial charge in [-0.15, -0.1) is 0 Å². The second-order valence-electron chi connectivity index (χ2n) is 10.8. The van der Waals surface area contributed by atoms with Gasteiger partial charge in [0.05, 0.1) is 34.2 Å². The van der Waals surface area contributed by atoms with Gasteiger partial charge < -0.3 is 13.6 Å². The minimum absolute atomic E-state index is 0.410. The topological polar surface area (TPSA) is 51.1 Å². The predicted octanol–water partition coefficient (Wildman–Crippen LogP) is 10.2. The molecule has 5 nitrogen and oxygen atoms in total. The van der Waals surface area contributed by atoms with Gasteiger partial charge in [-0.1, -0.05) is 72.8 Å². The summed E-state index contributed by atoms with van der Waals surface area (Å²) >= 11 is 0. The molecule has 0 aliphatic heterocycles. The smallest absolute Gasteiger partial charge is 0.231 e. The number of aromatic nitrogens is 2. The van der Waals surface area contributed by atoms with E-state index in [0.29, 0.717) is 22.4 Å². The van der Waals surface area contributed by atoms with Crippen molar-refractivity contribution in [3.63, 3.8) is 0 Å². The number of hydrogen-bond acceptors (Lipinski definition) is 2. The van der Waals surface area contributed by atoms with Crippen molar-refractivity contribution in [1.29, 1.82) is 5.26 Å². The first kappa shape index (κ1) is 23.4. The third-order valence-electron chi connectivity index (χ3n) is 8.54. The molecule has 6 aromatic carbocycles. The lowest BCUT2D eigenvalue weighted by Crippen LogP contribution is -1.95. The molecule has 0 saturated heterocycles. The summed E-state index contributed by atoms with van der Waals surface area (Å²) in [5, 5.41) is 16.5. The second-order valence-corrected chi connectivity index (χ2v) is 10.8. The monoisotopic (exact) mass is 548 g/mol. The molecular formula is C38H20N4O. The van der Waals surface area contributed by atoms with E-state index in [4.69, 9.17) is 11.0 Å². The number of para-hydroxylation sites is 4. The van der Waals surface area contributed by atoms with Crippen LogP contribution in [0.1, 0.15) is 5.56 Å². The van der Waals surface area contributed by atoms with E-state index in [0.717, 1.165) is 65.8 Å². The zero-order chi connectivity index (χ0) is 28.7. The average molecular weight is 549 g/mol. The van der Waals surface area contributed by atoms with Crippen LogP contribution in [0.5, 0.6) is 0 Å². The lowest BCUT2D eigenvalue weighted by atomic mass is 10.1. The van der Waals surface area contributed by atoms with Gasteiger partial charge in [-0.2, -0.15) is 5.26 Å². The summed E-state index contributed by atoms with van der Waals surface area (Å²) < 4.78 is 10.7. The highest BCUT2D eigenvalue weighted by atomic mass is 16.3. The van der Waals surface area contributed by atoms with Crippen molar-refractivity contribution >= 4 is 71.2 Å². The highest BCUT2D eigenvalue weighted by Crippen LogP contribution is 2.42. The van der Waals surface area contributed by atoms with E-state index in [9.17, 15) is 5.26 Å². The van der Waals surface area contributed by atoms with Crippen LogP contribution in [0.15, 0.2) is 126 Å². The number of fused-ring (bicyclic) bond motifs is 9. The van der Waals surface area contributed by atoms with Crippen molar-refractivity contribution < 1.29 is 4.42 Å². The number of benzene rings is 6. The summed E-state index contributed by atoms with van der Waals surface area (Å²) in [7, 11) is 0. The number of nitrogens with zero attached hydrogens (tertiary/aromatic N) is 4. The first-order valence-corrected chi connectivity index (χ1v) is 14.0. The van der Waals surface area contributed by atoms with Gasteiger partial charge in [0.1, 0.15) is 11.7 Å². The highest BCUT2D eigenvalue weighted by molar-refractivity contribution is 6.14. The van der Waals surface area contributed by atoms with E-state index in [-0.39, 0.29) is 0 Å². The molecule has 0 unspecified atom stereocenters. The standard InChI is InChI=1S/C38H20N4O/c1-40-32-21-25(42-35-16-8-4-12-28(35)29-13-5-9-17-36(29)42)20-31-30-19-24(18-23(22-39)37(30)43-38(31)32)41-33-14-6-2-10-26(33)27-11-3-7-15-34(27)41/h2-21H. The molecule has 43 heavy (non-hydrogen) atoms. The lowest BCUT2D eigenvalue weighted by molar-refractivity contribution is 0.669. The molecule has 9 aromatic rings. The Morgan fingerprint density at radius 1 is 0.535 bits per heavy atom. The molecule has 0 saturated carbocycles. The first-order valence-electron chi connectivity index (χ1n) is 14.0. The highest BCUT2D eigenvalue weighted by Gasteiger charge is 2.21. The van der Waals surface area contributed by atoms with Crippen molar-refractivity contribution in [2.75, 3.05) is 0 Å². The summed E-state index contributed by atoms with van der Waals surface area (Å²) in [6, 6.07) is 43.6.